The normalized spacial score (nSPS) is 11.3. The maximum atomic E-state index is 12.1. The zero-order chi connectivity index (χ0) is 17.0. The van der Waals surface area contributed by atoms with Crippen molar-refractivity contribution in [3.8, 4) is 11.5 Å². The Morgan fingerprint density at radius 2 is 1.43 bits per heavy atom. The second-order valence-corrected chi connectivity index (χ2v) is 7.03. The fraction of sp³-hybridized carbons (Fsp3) is 0.188. The number of benzene rings is 2. The van der Waals surface area contributed by atoms with E-state index in [9.17, 15) is 13.2 Å². The summed E-state index contributed by atoms with van der Waals surface area (Å²) in [5.74, 6) is 0.466. The standard InChI is InChI=1S/C16H17NO5S/c1-17(2)23(19,20)15-10-4-12(5-11-15)16(18)22-14-8-6-13(21-3)7-9-14/h4-11H,1-3H3. The van der Waals surface area contributed by atoms with E-state index in [1.54, 1.807) is 31.4 Å². The van der Waals surface area contributed by atoms with Crippen molar-refractivity contribution in [2.75, 3.05) is 21.2 Å². The van der Waals surface area contributed by atoms with Crippen molar-refractivity contribution in [3.63, 3.8) is 0 Å². The van der Waals surface area contributed by atoms with Crippen LogP contribution in [-0.4, -0.2) is 39.9 Å². The summed E-state index contributed by atoms with van der Waals surface area (Å²) in [6.07, 6.45) is 0. The Kier molecular flexibility index (Phi) is 5.02. The van der Waals surface area contributed by atoms with Crippen molar-refractivity contribution >= 4 is 16.0 Å². The van der Waals surface area contributed by atoms with Crippen molar-refractivity contribution < 1.29 is 22.7 Å². The molecule has 2 aromatic carbocycles. The van der Waals surface area contributed by atoms with Crippen molar-refractivity contribution in [1.82, 2.24) is 4.31 Å². The molecule has 0 fully saturated rings. The van der Waals surface area contributed by atoms with Crippen LogP contribution in [0.25, 0.3) is 0 Å². The van der Waals surface area contributed by atoms with Gasteiger partial charge in [-0.2, -0.15) is 0 Å². The highest BCUT2D eigenvalue weighted by molar-refractivity contribution is 7.89. The van der Waals surface area contributed by atoms with Crippen molar-refractivity contribution in [2.24, 2.45) is 0 Å². The molecular formula is C16H17NO5S. The van der Waals surface area contributed by atoms with Gasteiger partial charge in [0.15, 0.2) is 0 Å². The van der Waals surface area contributed by atoms with Crippen LogP contribution in [0.3, 0.4) is 0 Å². The Hall–Kier alpha value is -2.38. The molecule has 0 amide bonds. The third-order valence-electron chi connectivity index (χ3n) is 3.14. The summed E-state index contributed by atoms with van der Waals surface area (Å²) in [5.41, 5.74) is 0.263. The maximum Gasteiger partial charge on any atom is 0.343 e. The SMILES string of the molecule is COc1ccc(OC(=O)c2ccc(S(=O)(=O)N(C)C)cc2)cc1. The predicted octanol–water partition coefficient (Wildman–Crippen LogP) is 2.16. The summed E-state index contributed by atoms with van der Waals surface area (Å²) >= 11 is 0. The molecule has 0 spiro atoms. The average Bonchev–Trinajstić information content (AvgIpc) is 2.55. The van der Waals surface area contributed by atoms with E-state index in [-0.39, 0.29) is 10.5 Å². The van der Waals surface area contributed by atoms with E-state index < -0.39 is 16.0 Å². The fourth-order valence-electron chi connectivity index (χ4n) is 1.78. The van der Waals surface area contributed by atoms with Crippen LogP contribution in [0.15, 0.2) is 53.4 Å². The van der Waals surface area contributed by atoms with Gasteiger partial charge in [-0.1, -0.05) is 0 Å². The van der Waals surface area contributed by atoms with Crippen LogP contribution >= 0.6 is 0 Å². The molecule has 0 aliphatic carbocycles. The second-order valence-electron chi connectivity index (χ2n) is 4.88. The summed E-state index contributed by atoms with van der Waals surface area (Å²) in [6, 6.07) is 12.2. The van der Waals surface area contributed by atoms with Crippen LogP contribution in [0.5, 0.6) is 11.5 Å². The quantitative estimate of drug-likeness (QED) is 0.618. The van der Waals surface area contributed by atoms with Crippen LogP contribution in [0, 0.1) is 0 Å². The maximum absolute atomic E-state index is 12.1. The molecular weight excluding hydrogens is 318 g/mol. The fourth-order valence-corrected chi connectivity index (χ4v) is 2.69. The number of sulfonamides is 1. The predicted molar refractivity (Wildman–Crippen MR) is 85.3 cm³/mol. The van der Waals surface area contributed by atoms with E-state index in [1.165, 1.54) is 38.4 Å². The van der Waals surface area contributed by atoms with Crippen LogP contribution in [0.1, 0.15) is 10.4 Å². The third-order valence-corrected chi connectivity index (χ3v) is 4.97. The molecule has 0 radical (unpaired) electrons. The Morgan fingerprint density at radius 3 is 1.91 bits per heavy atom. The largest absolute Gasteiger partial charge is 0.497 e. The number of carbonyl (C=O) groups excluding carboxylic acids is 1. The Morgan fingerprint density at radius 1 is 0.913 bits per heavy atom. The van der Waals surface area contributed by atoms with Gasteiger partial charge in [0.2, 0.25) is 10.0 Å². The summed E-state index contributed by atoms with van der Waals surface area (Å²) < 4.78 is 35.3. The number of ether oxygens (including phenoxy) is 2. The molecule has 0 atom stereocenters. The highest BCUT2D eigenvalue weighted by atomic mass is 32.2. The van der Waals surface area contributed by atoms with Gasteiger partial charge in [-0.25, -0.2) is 17.5 Å². The molecule has 0 N–H and O–H groups in total. The van der Waals surface area contributed by atoms with Gasteiger partial charge in [-0.15, -0.1) is 0 Å². The smallest absolute Gasteiger partial charge is 0.343 e. The monoisotopic (exact) mass is 335 g/mol. The van der Waals surface area contributed by atoms with Crippen LogP contribution in [-0.2, 0) is 10.0 Å². The van der Waals surface area contributed by atoms with Crippen LogP contribution < -0.4 is 9.47 Å². The van der Waals surface area contributed by atoms with E-state index >= 15 is 0 Å². The number of methoxy groups -OCH3 is 1. The van der Waals surface area contributed by atoms with E-state index in [0.717, 1.165) is 4.31 Å². The lowest BCUT2D eigenvalue weighted by Gasteiger charge is -2.11. The van der Waals surface area contributed by atoms with Gasteiger partial charge in [0.05, 0.1) is 17.6 Å². The van der Waals surface area contributed by atoms with Crippen LogP contribution in [0.2, 0.25) is 0 Å². The Bertz CT molecular complexity index is 780. The number of hydrogen-bond donors (Lipinski definition) is 0. The third kappa shape index (κ3) is 3.88. The summed E-state index contributed by atoms with van der Waals surface area (Å²) in [7, 11) is 0.919. The van der Waals surface area contributed by atoms with Crippen molar-refractivity contribution in [3.05, 3.63) is 54.1 Å². The van der Waals surface area contributed by atoms with Gasteiger partial charge >= 0.3 is 5.97 Å². The molecule has 0 heterocycles. The summed E-state index contributed by atoms with van der Waals surface area (Å²) in [5, 5.41) is 0. The first-order valence-corrected chi connectivity index (χ1v) is 8.17. The van der Waals surface area contributed by atoms with E-state index in [4.69, 9.17) is 9.47 Å². The Labute approximate surface area is 135 Å². The first kappa shape index (κ1) is 17.0. The number of nitrogens with zero attached hydrogens (tertiary/aromatic N) is 1. The molecule has 2 aromatic rings. The minimum Gasteiger partial charge on any atom is -0.497 e. The zero-order valence-electron chi connectivity index (χ0n) is 13.0. The molecule has 0 bridgehead atoms. The van der Waals surface area contributed by atoms with Gasteiger partial charge in [-0.3, -0.25) is 0 Å². The lowest BCUT2D eigenvalue weighted by atomic mass is 10.2. The molecule has 0 unspecified atom stereocenters. The molecule has 0 saturated carbocycles. The number of hydrogen-bond acceptors (Lipinski definition) is 5. The Balaban J connectivity index is 2.14. The molecule has 7 heteroatoms. The highest BCUT2D eigenvalue weighted by Crippen LogP contribution is 2.19. The molecule has 23 heavy (non-hydrogen) atoms. The second kappa shape index (κ2) is 6.80. The van der Waals surface area contributed by atoms with Gasteiger partial charge in [0, 0.05) is 14.1 Å². The average molecular weight is 335 g/mol. The molecule has 0 saturated heterocycles. The molecule has 122 valence electrons. The first-order chi connectivity index (χ1) is 10.8. The molecule has 0 aromatic heterocycles. The number of carbonyl (C=O) groups is 1. The minimum absolute atomic E-state index is 0.114. The highest BCUT2D eigenvalue weighted by Gasteiger charge is 2.18. The van der Waals surface area contributed by atoms with E-state index in [1.807, 2.05) is 0 Å². The molecule has 6 nitrogen and oxygen atoms in total. The zero-order valence-corrected chi connectivity index (χ0v) is 13.8. The first-order valence-electron chi connectivity index (χ1n) is 6.73. The van der Waals surface area contributed by atoms with Crippen molar-refractivity contribution in [1.29, 1.82) is 0 Å². The van der Waals surface area contributed by atoms with Crippen molar-refractivity contribution in [2.45, 2.75) is 4.90 Å². The molecule has 0 aliphatic rings. The molecule has 0 aliphatic heterocycles. The summed E-state index contributed by atoms with van der Waals surface area (Å²) in [4.78, 5) is 12.2. The number of esters is 1. The topological polar surface area (TPSA) is 72.9 Å². The number of rotatable bonds is 5. The van der Waals surface area contributed by atoms with Gasteiger partial charge in [0.1, 0.15) is 11.5 Å². The van der Waals surface area contributed by atoms with Crippen LogP contribution in [0.4, 0.5) is 0 Å². The van der Waals surface area contributed by atoms with E-state index in [0.29, 0.717) is 11.5 Å². The lowest BCUT2D eigenvalue weighted by molar-refractivity contribution is 0.0734. The van der Waals surface area contributed by atoms with Gasteiger partial charge < -0.3 is 9.47 Å². The molecule has 2 rings (SSSR count). The minimum atomic E-state index is -3.52. The summed E-state index contributed by atoms with van der Waals surface area (Å²) in [6.45, 7) is 0. The van der Waals surface area contributed by atoms with Gasteiger partial charge in [-0.05, 0) is 48.5 Å². The van der Waals surface area contributed by atoms with Gasteiger partial charge in [0.25, 0.3) is 0 Å². The van der Waals surface area contributed by atoms with E-state index in [2.05, 4.69) is 0 Å². The lowest BCUT2D eigenvalue weighted by Crippen LogP contribution is -2.22.